The number of hydrogen-bond donors (Lipinski definition) is 1. The standard InChI is InChI=1S/C20H23N5O2S/c1-3-15(16-9-5-4-6-10-16)13-21-19(26)14-28-20-22-23-24-25(20)17-11-7-8-12-18(17)27-2/h4-12,15H,3,13-14H2,1-2H3,(H,21,26)/t15-/m0/s1. The van der Waals surface area contributed by atoms with Gasteiger partial charge in [0.25, 0.3) is 0 Å². The van der Waals surface area contributed by atoms with Gasteiger partial charge in [0.15, 0.2) is 0 Å². The average molecular weight is 398 g/mol. The molecule has 1 heterocycles. The Hall–Kier alpha value is -2.87. The first-order valence-electron chi connectivity index (χ1n) is 9.09. The highest BCUT2D eigenvalue weighted by Crippen LogP contribution is 2.25. The first kappa shape index (κ1) is 19.9. The number of amides is 1. The number of thioether (sulfide) groups is 1. The first-order valence-corrected chi connectivity index (χ1v) is 10.1. The summed E-state index contributed by atoms with van der Waals surface area (Å²) in [5.74, 6) is 1.15. The molecule has 0 spiro atoms. The number of carbonyl (C=O) groups excluding carboxylic acids is 1. The molecule has 0 radical (unpaired) electrons. The van der Waals surface area contributed by atoms with Crippen LogP contribution in [0.2, 0.25) is 0 Å². The number of rotatable bonds is 9. The summed E-state index contributed by atoms with van der Waals surface area (Å²) in [5, 5.41) is 15.3. The Kier molecular flexibility index (Phi) is 7.02. The van der Waals surface area contributed by atoms with Crippen LogP contribution in [0.25, 0.3) is 5.69 Å². The van der Waals surface area contributed by atoms with Crippen molar-refractivity contribution < 1.29 is 9.53 Å². The van der Waals surface area contributed by atoms with Gasteiger partial charge in [0.05, 0.1) is 12.9 Å². The second-order valence-corrected chi connectivity index (χ2v) is 7.10. The molecule has 2 aromatic carbocycles. The maximum atomic E-state index is 12.3. The van der Waals surface area contributed by atoms with Crippen molar-refractivity contribution in [3.05, 3.63) is 60.2 Å². The molecule has 0 aliphatic heterocycles. The SMILES string of the molecule is CC[C@@H](CNC(=O)CSc1nnnn1-c1ccccc1OC)c1ccccc1. The van der Waals surface area contributed by atoms with E-state index in [0.29, 0.717) is 23.4 Å². The molecule has 7 nitrogen and oxygen atoms in total. The van der Waals surface area contributed by atoms with Gasteiger partial charge >= 0.3 is 0 Å². The number of para-hydroxylation sites is 2. The quantitative estimate of drug-likeness (QED) is 0.559. The molecule has 0 aliphatic rings. The molecule has 0 saturated carbocycles. The summed E-state index contributed by atoms with van der Waals surface area (Å²) in [6, 6.07) is 17.7. The summed E-state index contributed by atoms with van der Waals surface area (Å²) in [7, 11) is 1.60. The molecular formula is C20H23N5O2S. The number of tetrazole rings is 1. The Bertz CT molecular complexity index is 900. The lowest BCUT2D eigenvalue weighted by molar-refractivity contribution is -0.118. The molecule has 0 saturated heterocycles. The number of ether oxygens (including phenoxy) is 1. The molecule has 146 valence electrons. The minimum atomic E-state index is -0.0473. The van der Waals surface area contributed by atoms with E-state index in [-0.39, 0.29) is 11.7 Å². The summed E-state index contributed by atoms with van der Waals surface area (Å²) >= 11 is 1.29. The van der Waals surface area contributed by atoms with Crippen molar-refractivity contribution in [2.75, 3.05) is 19.4 Å². The molecule has 28 heavy (non-hydrogen) atoms. The van der Waals surface area contributed by atoms with E-state index in [9.17, 15) is 4.79 Å². The zero-order valence-corrected chi connectivity index (χ0v) is 16.7. The Morgan fingerprint density at radius 1 is 1.18 bits per heavy atom. The van der Waals surface area contributed by atoms with Gasteiger partial charge in [0, 0.05) is 12.5 Å². The van der Waals surface area contributed by atoms with Crippen molar-refractivity contribution in [1.82, 2.24) is 25.5 Å². The minimum Gasteiger partial charge on any atom is -0.494 e. The maximum absolute atomic E-state index is 12.3. The predicted molar refractivity (Wildman–Crippen MR) is 109 cm³/mol. The third-order valence-corrected chi connectivity index (χ3v) is 5.32. The fraction of sp³-hybridized carbons (Fsp3) is 0.300. The Morgan fingerprint density at radius 3 is 2.68 bits per heavy atom. The molecule has 0 bridgehead atoms. The minimum absolute atomic E-state index is 0.0473. The normalized spacial score (nSPS) is 11.8. The third kappa shape index (κ3) is 4.89. The second kappa shape index (κ2) is 9.89. The van der Waals surface area contributed by atoms with Gasteiger partial charge in [-0.25, -0.2) is 0 Å². The molecular weight excluding hydrogens is 374 g/mol. The molecule has 0 aliphatic carbocycles. The van der Waals surface area contributed by atoms with Crippen LogP contribution in [-0.2, 0) is 4.79 Å². The number of nitrogens with one attached hydrogen (secondary N) is 1. The Morgan fingerprint density at radius 2 is 1.93 bits per heavy atom. The Balaban J connectivity index is 1.58. The zero-order chi connectivity index (χ0) is 19.8. The van der Waals surface area contributed by atoms with E-state index in [1.165, 1.54) is 17.3 Å². The van der Waals surface area contributed by atoms with E-state index in [4.69, 9.17) is 4.74 Å². The summed E-state index contributed by atoms with van der Waals surface area (Å²) in [5.41, 5.74) is 1.96. The number of benzene rings is 2. The molecule has 1 aromatic heterocycles. The first-order chi connectivity index (χ1) is 13.7. The van der Waals surface area contributed by atoms with Crippen molar-refractivity contribution in [2.24, 2.45) is 0 Å². The molecule has 8 heteroatoms. The van der Waals surface area contributed by atoms with Crippen LogP contribution in [-0.4, -0.2) is 45.5 Å². The largest absolute Gasteiger partial charge is 0.494 e. The molecule has 1 atom stereocenters. The monoisotopic (exact) mass is 397 g/mol. The smallest absolute Gasteiger partial charge is 0.230 e. The molecule has 0 unspecified atom stereocenters. The molecule has 0 fully saturated rings. The lowest BCUT2D eigenvalue weighted by Gasteiger charge is -2.16. The van der Waals surface area contributed by atoms with Gasteiger partial charge in [0.1, 0.15) is 11.4 Å². The maximum Gasteiger partial charge on any atom is 0.230 e. The fourth-order valence-corrected chi connectivity index (χ4v) is 3.58. The summed E-state index contributed by atoms with van der Waals surface area (Å²) in [6.07, 6.45) is 0.962. The van der Waals surface area contributed by atoms with Crippen molar-refractivity contribution in [3.8, 4) is 11.4 Å². The van der Waals surface area contributed by atoms with Gasteiger partial charge < -0.3 is 10.1 Å². The van der Waals surface area contributed by atoms with E-state index < -0.39 is 0 Å². The number of nitrogens with zero attached hydrogens (tertiary/aromatic N) is 4. The van der Waals surface area contributed by atoms with Crippen LogP contribution in [0.4, 0.5) is 0 Å². The highest BCUT2D eigenvalue weighted by atomic mass is 32.2. The van der Waals surface area contributed by atoms with Crippen LogP contribution in [0.1, 0.15) is 24.8 Å². The highest BCUT2D eigenvalue weighted by molar-refractivity contribution is 7.99. The van der Waals surface area contributed by atoms with Crippen LogP contribution in [0.5, 0.6) is 5.75 Å². The van der Waals surface area contributed by atoms with Gasteiger partial charge in [0.2, 0.25) is 11.1 Å². The van der Waals surface area contributed by atoms with Crippen LogP contribution < -0.4 is 10.1 Å². The van der Waals surface area contributed by atoms with Gasteiger partial charge in [-0.05, 0) is 34.5 Å². The lowest BCUT2D eigenvalue weighted by atomic mass is 9.96. The van der Waals surface area contributed by atoms with Crippen molar-refractivity contribution in [1.29, 1.82) is 0 Å². The molecule has 1 amide bonds. The van der Waals surface area contributed by atoms with Crippen LogP contribution in [0, 0.1) is 0 Å². The van der Waals surface area contributed by atoms with Gasteiger partial charge in [-0.15, -0.1) is 5.10 Å². The number of methoxy groups -OCH3 is 1. The van der Waals surface area contributed by atoms with E-state index in [0.717, 1.165) is 12.1 Å². The number of aromatic nitrogens is 4. The summed E-state index contributed by atoms with van der Waals surface area (Å²) < 4.78 is 6.94. The zero-order valence-electron chi connectivity index (χ0n) is 15.9. The number of hydrogen-bond acceptors (Lipinski definition) is 6. The van der Waals surface area contributed by atoms with Gasteiger partial charge in [-0.1, -0.05) is 61.2 Å². The van der Waals surface area contributed by atoms with Crippen molar-refractivity contribution >= 4 is 17.7 Å². The van der Waals surface area contributed by atoms with Crippen molar-refractivity contribution in [3.63, 3.8) is 0 Å². The van der Waals surface area contributed by atoms with E-state index in [1.807, 2.05) is 42.5 Å². The van der Waals surface area contributed by atoms with E-state index >= 15 is 0 Å². The van der Waals surface area contributed by atoms with Crippen molar-refractivity contribution in [2.45, 2.75) is 24.4 Å². The Labute approximate surface area is 168 Å². The highest BCUT2D eigenvalue weighted by Gasteiger charge is 2.15. The molecule has 3 aromatic rings. The molecule has 1 N–H and O–H groups in total. The van der Waals surface area contributed by atoms with E-state index in [1.54, 1.807) is 11.8 Å². The molecule has 3 rings (SSSR count). The van der Waals surface area contributed by atoms with Crippen LogP contribution >= 0.6 is 11.8 Å². The predicted octanol–water partition coefficient (Wildman–Crippen LogP) is 3.07. The van der Waals surface area contributed by atoms with Crippen LogP contribution in [0.3, 0.4) is 0 Å². The van der Waals surface area contributed by atoms with E-state index in [2.05, 4.69) is 39.9 Å². The third-order valence-electron chi connectivity index (χ3n) is 4.40. The average Bonchev–Trinajstić information content (AvgIpc) is 3.22. The van der Waals surface area contributed by atoms with Gasteiger partial charge in [-0.3, -0.25) is 4.79 Å². The fourth-order valence-electron chi connectivity index (χ4n) is 2.87. The second-order valence-electron chi connectivity index (χ2n) is 6.15. The summed E-state index contributed by atoms with van der Waals surface area (Å²) in [6.45, 7) is 2.73. The summed E-state index contributed by atoms with van der Waals surface area (Å²) in [4.78, 5) is 12.3. The van der Waals surface area contributed by atoms with Crippen LogP contribution in [0.15, 0.2) is 59.8 Å². The topological polar surface area (TPSA) is 81.9 Å². The van der Waals surface area contributed by atoms with Gasteiger partial charge in [-0.2, -0.15) is 4.68 Å². The lowest BCUT2D eigenvalue weighted by Crippen LogP contribution is -2.29. The number of carbonyl (C=O) groups is 1.